The fourth-order valence-electron chi connectivity index (χ4n) is 2.97. The van der Waals surface area contributed by atoms with Gasteiger partial charge in [-0.3, -0.25) is 0 Å². The summed E-state index contributed by atoms with van der Waals surface area (Å²) < 4.78 is 13.2. The van der Waals surface area contributed by atoms with E-state index < -0.39 is 0 Å². The van der Waals surface area contributed by atoms with Crippen LogP contribution < -0.4 is 5.32 Å². The molecule has 3 rings (SSSR count). The summed E-state index contributed by atoms with van der Waals surface area (Å²) in [5.74, 6) is -0.333. The normalized spacial score (nSPS) is 13.8. The molecule has 0 saturated carbocycles. The molecule has 0 atom stereocenters. The Morgan fingerprint density at radius 3 is 2.58 bits per heavy atom. The second-order valence-corrected chi connectivity index (χ2v) is 6.16. The number of allylic oxidation sites excluding steroid dienone is 3. The highest BCUT2D eigenvalue weighted by atomic mass is 19.1. The maximum Gasteiger partial charge on any atom is 0.0897 e. The number of nitrogens with zero attached hydrogens (tertiary/aromatic N) is 1. The van der Waals surface area contributed by atoms with Crippen molar-refractivity contribution in [3.8, 4) is 0 Å². The smallest absolute Gasteiger partial charge is 0.0897 e. The quantitative estimate of drug-likeness (QED) is 0.831. The molecule has 0 unspecified atom stereocenters. The Balaban J connectivity index is 0.000000471. The molecule has 2 nitrogen and oxygen atoms in total. The van der Waals surface area contributed by atoms with Crippen LogP contribution in [0.15, 0.2) is 55.0 Å². The van der Waals surface area contributed by atoms with Crippen molar-refractivity contribution in [1.29, 1.82) is 0 Å². The van der Waals surface area contributed by atoms with Gasteiger partial charge in [-0.25, -0.2) is 4.39 Å². The summed E-state index contributed by atoms with van der Waals surface area (Å²) in [6.45, 7) is 11.6. The first-order chi connectivity index (χ1) is 11.5. The summed E-state index contributed by atoms with van der Waals surface area (Å²) in [5, 5.41) is 3.50. The summed E-state index contributed by atoms with van der Waals surface area (Å²) in [7, 11) is 0. The van der Waals surface area contributed by atoms with Crippen LogP contribution in [0, 0.1) is 0 Å². The molecule has 1 aromatic carbocycles. The average molecular weight is 326 g/mol. The third-order valence-electron chi connectivity index (χ3n) is 4.20. The lowest BCUT2D eigenvalue weighted by atomic mass is 10.0. The van der Waals surface area contributed by atoms with Gasteiger partial charge in [-0.15, -0.1) is 0 Å². The molecule has 1 aliphatic rings. The molecule has 0 saturated heterocycles. The minimum absolute atomic E-state index is 0.333. The molecule has 0 aliphatic carbocycles. The summed E-state index contributed by atoms with van der Waals surface area (Å²) >= 11 is 0. The van der Waals surface area contributed by atoms with Crippen molar-refractivity contribution in [1.82, 2.24) is 9.88 Å². The van der Waals surface area contributed by atoms with Gasteiger partial charge in [0, 0.05) is 37.9 Å². The van der Waals surface area contributed by atoms with Crippen molar-refractivity contribution in [3.05, 3.63) is 77.4 Å². The van der Waals surface area contributed by atoms with E-state index in [2.05, 4.69) is 72.9 Å². The SMILES string of the molecule is C/C=C(\C)c1cn(Cc2ccccc2)c2c1CNCC2.C=C(C)F. The van der Waals surface area contributed by atoms with E-state index >= 15 is 0 Å². The van der Waals surface area contributed by atoms with Gasteiger partial charge in [0.2, 0.25) is 0 Å². The van der Waals surface area contributed by atoms with Crippen molar-refractivity contribution in [2.75, 3.05) is 6.54 Å². The predicted octanol–water partition coefficient (Wildman–Crippen LogP) is 5.09. The van der Waals surface area contributed by atoms with Gasteiger partial charge in [-0.2, -0.15) is 0 Å². The first-order valence-electron chi connectivity index (χ1n) is 8.42. The van der Waals surface area contributed by atoms with Crippen LogP contribution in [0.5, 0.6) is 0 Å². The number of hydrogen-bond donors (Lipinski definition) is 1. The zero-order chi connectivity index (χ0) is 17.5. The van der Waals surface area contributed by atoms with Crippen molar-refractivity contribution in [2.24, 2.45) is 0 Å². The molecular formula is C21H27FN2. The van der Waals surface area contributed by atoms with Gasteiger partial charge in [-0.05, 0) is 43.0 Å². The average Bonchev–Trinajstić information content (AvgIpc) is 2.93. The molecule has 2 aromatic rings. The van der Waals surface area contributed by atoms with Crippen LogP contribution in [0.25, 0.3) is 5.57 Å². The summed E-state index contributed by atoms with van der Waals surface area (Å²) in [6, 6.07) is 10.7. The number of nitrogens with one attached hydrogen (secondary N) is 1. The highest BCUT2D eigenvalue weighted by molar-refractivity contribution is 5.67. The zero-order valence-corrected chi connectivity index (χ0v) is 14.9. The molecule has 0 bridgehead atoms. The third kappa shape index (κ3) is 4.68. The molecule has 1 aliphatic heterocycles. The van der Waals surface area contributed by atoms with Crippen molar-refractivity contribution < 1.29 is 4.39 Å². The Hall–Kier alpha value is -2.13. The minimum Gasteiger partial charge on any atom is -0.346 e. The van der Waals surface area contributed by atoms with E-state index in [4.69, 9.17) is 0 Å². The lowest BCUT2D eigenvalue weighted by Gasteiger charge is -2.17. The maximum absolute atomic E-state index is 10.8. The second kappa shape index (κ2) is 8.65. The minimum atomic E-state index is -0.333. The number of aromatic nitrogens is 1. The number of benzene rings is 1. The fraction of sp³-hybridized carbons (Fsp3) is 0.333. The van der Waals surface area contributed by atoms with Crippen molar-refractivity contribution >= 4 is 5.57 Å². The lowest BCUT2D eigenvalue weighted by molar-refractivity contribution is 0.606. The van der Waals surface area contributed by atoms with E-state index in [9.17, 15) is 4.39 Å². The van der Waals surface area contributed by atoms with Crippen LogP contribution in [0.4, 0.5) is 4.39 Å². The van der Waals surface area contributed by atoms with Gasteiger partial charge in [0.05, 0.1) is 5.83 Å². The Kier molecular flexibility index (Phi) is 6.56. The van der Waals surface area contributed by atoms with E-state index in [1.54, 1.807) is 0 Å². The number of halogens is 1. The largest absolute Gasteiger partial charge is 0.346 e. The van der Waals surface area contributed by atoms with Gasteiger partial charge in [0.15, 0.2) is 0 Å². The van der Waals surface area contributed by atoms with Gasteiger partial charge in [0.25, 0.3) is 0 Å². The Morgan fingerprint density at radius 2 is 1.96 bits per heavy atom. The monoisotopic (exact) mass is 326 g/mol. The lowest BCUT2D eigenvalue weighted by Crippen LogP contribution is -2.25. The van der Waals surface area contributed by atoms with E-state index in [0.29, 0.717) is 0 Å². The predicted molar refractivity (Wildman–Crippen MR) is 101 cm³/mol. The Morgan fingerprint density at radius 1 is 1.29 bits per heavy atom. The summed E-state index contributed by atoms with van der Waals surface area (Å²) in [6.07, 6.45) is 5.66. The molecule has 24 heavy (non-hydrogen) atoms. The van der Waals surface area contributed by atoms with Crippen LogP contribution >= 0.6 is 0 Å². The van der Waals surface area contributed by atoms with Gasteiger partial charge in [-0.1, -0.05) is 43.0 Å². The molecule has 3 heteroatoms. The zero-order valence-electron chi connectivity index (χ0n) is 14.9. The first-order valence-corrected chi connectivity index (χ1v) is 8.42. The van der Waals surface area contributed by atoms with Crippen LogP contribution in [0.1, 0.15) is 43.2 Å². The number of rotatable bonds is 3. The second-order valence-electron chi connectivity index (χ2n) is 6.16. The maximum atomic E-state index is 10.8. The van der Waals surface area contributed by atoms with Gasteiger partial charge >= 0.3 is 0 Å². The molecule has 1 N–H and O–H groups in total. The molecule has 128 valence electrons. The highest BCUT2D eigenvalue weighted by Gasteiger charge is 2.19. The van der Waals surface area contributed by atoms with E-state index in [-0.39, 0.29) is 5.83 Å². The molecule has 0 spiro atoms. The van der Waals surface area contributed by atoms with Gasteiger partial charge < -0.3 is 9.88 Å². The van der Waals surface area contributed by atoms with Gasteiger partial charge in [0.1, 0.15) is 0 Å². The summed E-state index contributed by atoms with van der Waals surface area (Å²) in [5.41, 5.74) is 7.14. The molecule has 0 radical (unpaired) electrons. The van der Waals surface area contributed by atoms with E-state index in [1.807, 2.05) is 0 Å². The third-order valence-corrected chi connectivity index (χ3v) is 4.20. The molecule has 0 fully saturated rings. The highest BCUT2D eigenvalue weighted by Crippen LogP contribution is 2.27. The van der Waals surface area contributed by atoms with Crippen molar-refractivity contribution in [3.63, 3.8) is 0 Å². The van der Waals surface area contributed by atoms with Crippen LogP contribution in [0.2, 0.25) is 0 Å². The number of fused-ring (bicyclic) bond motifs is 1. The summed E-state index contributed by atoms with van der Waals surface area (Å²) in [4.78, 5) is 0. The molecule has 2 heterocycles. The molecule has 0 amide bonds. The van der Waals surface area contributed by atoms with Crippen LogP contribution in [-0.4, -0.2) is 11.1 Å². The van der Waals surface area contributed by atoms with Crippen molar-refractivity contribution in [2.45, 2.75) is 40.3 Å². The first kappa shape index (κ1) is 18.2. The topological polar surface area (TPSA) is 17.0 Å². The molecule has 1 aromatic heterocycles. The number of hydrogen-bond acceptors (Lipinski definition) is 1. The standard InChI is InChI=1S/C18H22N2.C3H5F/c1-3-14(2)17-13-20(12-15-7-5-4-6-8-15)18-9-10-19-11-16(17)18;1-3(2)4/h3-8,13,19H,9-12H2,1-2H3;1H2,2H3/b14-3+;. The Labute approximate surface area is 144 Å². The van der Waals surface area contributed by atoms with E-state index in [0.717, 1.165) is 26.1 Å². The van der Waals surface area contributed by atoms with E-state index in [1.165, 1.54) is 34.9 Å². The van der Waals surface area contributed by atoms with Crippen LogP contribution in [0.3, 0.4) is 0 Å². The molecular weight excluding hydrogens is 299 g/mol. The van der Waals surface area contributed by atoms with Crippen LogP contribution in [-0.2, 0) is 19.5 Å². The fourth-order valence-corrected chi connectivity index (χ4v) is 2.97. The Bertz CT molecular complexity index is 707.